The number of aromatic nitrogens is 4. The highest BCUT2D eigenvalue weighted by Crippen LogP contribution is 2.26. The van der Waals surface area contributed by atoms with Crippen LogP contribution >= 0.6 is 0 Å². The van der Waals surface area contributed by atoms with Gasteiger partial charge in [0.05, 0.1) is 6.61 Å². The van der Waals surface area contributed by atoms with E-state index < -0.39 is 11.6 Å². The minimum absolute atomic E-state index is 0.0106. The standard InChI is InChI=1S/C14H12N4O5/c19-11(20)5-2-6-22-10-4-1-3-8-7-9(13-15-17-18-16-13)14(21)23-12(8)10/h1,3-4,7H,2,5-6H2,(H,19,20)(H,15,16,17,18). The topological polar surface area (TPSA) is 131 Å². The van der Waals surface area contributed by atoms with Crippen molar-refractivity contribution < 1.29 is 19.1 Å². The quantitative estimate of drug-likeness (QED) is 0.512. The minimum Gasteiger partial charge on any atom is -0.490 e. The maximum atomic E-state index is 12.1. The van der Waals surface area contributed by atoms with E-state index in [1.54, 1.807) is 24.3 Å². The SMILES string of the molecule is O=C(O)CCCOc1cccc2cc(-c3nn[nH]n3)c(=O)oc12. The fourth-order valence-electron chi connectivity index (χ4n) is 2.07. The zero-order valence-electron chi connectivity index (χ0n) is 11.9. The second-order valence-corrected chi connectivity index (χ2v) is 4.70. The normalized spacial score (nSPS) is 10.8. The molecule has 0 bridgehead atoms. The lowest BCUT2D eigenvalue weighted by Crippen LogP contribution is -2.06. The number of fused-ring (bicyclic) bond motifs is 1. The van der Waals surface area contributed by atoms with Crippen molar-refractivity contribution in [2.45, 2.75) is 12.8 Å². The Kier molecular flexibility index (Phi) is 4.00. The van der Waals surface area contributed by atoms with E-state index in [0.717, 1.165) is 0 Å². The molecule has 0 fully saturated rings. The number of rotatable bonds is 6. The summed E-state index contributed by atoms with van der Waals surface area (Å²) in [6.45, 7) is 0.210. The van der Waals surface area contributed by atoms with Crippen LogP contribution in [0.3, 0.4) is 0 Å². The van der Waals surface area contributed by atoms with E-state index >= 15 is 0 Å². The summed E-state index contributed by atoms with van der Waals surface area (Å²) in [5.41, 5.74) is -0.130. The lowest BCUT2D eigenvalue weighted by Gasteiger charge is -2.07. The number of nitrogens with zero attached hydrogens (tertiary/aromatic N) is 3. The van der Waals surface area contributed by atoms with Crippen LogP contribution in [0.15, 0.2) is 33.5 Å². The Morgan fingerprint density at radius 2 is 2.26 bits per heavy atom. The third kappa shape index (κ3) is 3.18. The number of tetrazole rings is 1. The Balaban J connectivity index is 1.91. The summed E-state index contributed by atoms with van der Waals surface area (Å²) in [5, 5.41) is 22.4. The summed E-state index contributed by atoms with van der Waals surface area (Å²) >= 11 is 0. The molecule has 0 aliphatic heterocycles. The van der Waals surface area contributed by atoms with E-state index in [9.17, 15) is 9.59 Å². The molecule has 118 valence electrons. The summed E-state index contributed by atoms with van der Waals surface area (Å²) < 4.78 is 10.8. The molecule has 0 spiro atoms. The van der Waals surface area contributed by atoms with Crippen LogP contribution in [0.5, 0.6) is 5.75 Å². The maximum absolute atomic E-state index is 12.1. The summed E-state index contributed by atoms with van der Waals surface area (Å²) in [4.78, 5) is 22.6. The lowest BCUT2D eigenvalue weighted by molar-refractivity contribution is -0.137. The van der Waals surface area contributed by atoms with Crippen molar-refractivity contribution in [1.29, 1.82) is 0 Å². The van der Waals surface area contributed by atoms with Crippen molar-refractivity contribution in [3.05, 3.63) is 34.7 Å². The molecular formula is C14H12N4O5. The van der Waals surface area contributed by atoms with Crippen molar-refractivity contribution in [2.24, 2.45) is 0 Å². The molecule has 0 aliphatic carbocycles. The van der Waals surface area contributed by atoms with Crippen LogP contribution < -0.4 is 10.4 Å². The molecule has 0 radical (unpaired) electrons. The molecule has 9 nitrogen and oxygen atoms in total. The maximum Gasteiger partial charge on any atom is 0.347 e. The first-order valence-corrected chi connectivity index (χ1v) is 6.80. The zero-order chi connectivity index (χ0) is 16.2. The van der Waals surface area contributed by atoms with Crippen molar-refractivity contribution in [1.82, 2.24) is 20.6 Å². The Morgan fingerprint density at radius 1 is 1.39 bits per heavy atom. The number of hydrogen-bond donors (Lipinski definition) is 2. The summed E-state index contributed by atoms with van der Waals surface area (Å²) in [7, 11) is 0. The van der Waals surface area contributed by atoms with E-state index in [4.69, 9.17) is 14.3 Å². The van der Waals surface area contributed by atoms with Gasteiger partial charge in [0, 0.05) is 11.8 Å². The number of aliphatic carboxylic acids is 1. The van der Waals surface area contributed by atoms with Crippen LogP contribution in [0.1, 0.15) is 12.8 Å². The van der Waals surface area contributed by atoms with Gasteiger partial charge in [-0.1, -0.05) is 12.1 Å². The van der Waals surface area contributed by atoms with E-state index in [1.807, 2.05) is 0 Å². The predicted octanol–water partition coefficient (Wildman–Crippen LogP) is 1.22. The third-order valence-electron chi connectivity index (χ3n) is 3.10. The molecule has 2 N–H and O–H groups in total. The van der Waals surface area contributed by atoms with E-state index in [-0.39, 0.29) is 24.4 Å². The van der Waals surface area contributed by atoms with Crippen LogP contribution in [-0.2, 0) is 4.79 Å². The molecule has 0 saturated carbocycles. The molecule has 1 aromatic carbocycles. The van der Waals surface area contributed by atoms with Gasteiger partial charge in [0.15, 0.2) is 11.3 Å². The van der Waals surface area contributed by atoms with Gasteiger partial charge in [0.2, 0.25) is 5.82 Å². The van der Waals surface area contributed by atoms with Crippen molar-refractivity contribution in [3.63, 3.8) is 0 Å². The smallest absolute Gasteiger partial charge is 0.347 e. The average Bonchev–Trinajstić information content (AvgIpc) is 3.05. The zero-order valence-corrected chi connectivity index (χ0v) is 11.9. The molecule has 23 heavy (non-hydrogen) atoms. The number of para-hydroxylation sites is 1. The molecule has 2 heterocycles. The Hall–Kier alpha value is -3.23. The van der Waals surface area contributed by atoms with Crippen LogP contribution in [0, 0.1) is 0 Å². The molecule has 9 heteroatoms. The Morgan fingerprint density at radius 3 is 3.00 bits per heavy atom. The largest absolute Gasteiger partial charge is 0.490 e. The Labute approximate surface area is 128 Å². The summed E-state index contributed by atoms with van der Waals surface area (Å²) in [6.07, 6.45) is 0.369. The van der Waals surface area contributed by atoms with Gasteiger partial charge < -0.3 is 14.3 Å². The molecule has 0 atom stereocenters. The molecular weight excluding hydrogens is 304 g/mol. The molecule has 0 saturated heterocycles. The van der Waals surface area contributed by atoms with Gasteiger partial charge in [-0.15, -0.1) is 10.2 Å². The van der Waals surface area contributed by atoms with E-state index in [0.29, 0.717) is 23.1 Å². The first-order valence-electron chi connectivity index (χ1n) is 6.80. The number of nitrogens with one attached hydrogen (secondary N) is 1. The molecule has 2 aromatic heterocycles. The van der Waals surface area contributed by atoms with Crippen LogP contribution in [-0.4, -0.2) is 38.3 Å². The fraction of sp³-hybridized carbons (Fsp3) is 0.214. The Bertz CT molecular complexity index is 888. The first kappa shape index (κ1) is 14.7. The molecule has 3 rings (SSSR count). The number of H-pyrrole nitrogens is 1. The monoisotopic (exact) mass is 316 g/mol. The van der Waals surface area contributed by atoms with Gasteiger partial charge in [-0.05, 0) is 23.8 Å². The van der Waals surface area contributed by atoms with Gasteiger partial charge >= 0.3 is 11.6 Å². The number of aromatic amines is 1. The molecule has 0 unspecified atom stereocenters. The minimum atomic E-state index is -0.886. The first-order chi connectivity index (χ1) is 11.1. The third-order valence-corrected chi connectivity index (χ3v) is 3.10. The van der Waals surface area contributed by atoms with E-state index in [2.05, 4.69) is 20.6 Å². The van der Waals surface area contributed by atoms with Gasteiger partial charge in [-0.25, -0.2) is 4.79 Å². The highest BCUT2D eigenvalue weighted by atomic mass is 16.5. The second kappa shape index (κ2) is 6.26. The second-order valence-electron chi connectivity index (χ2n) is 4.70. The van der Waals surface area contributed by atoms with Gasteiger partial charge in [-0.3, -0.25) is 4.79 Å². The van der Waals surface area contributed by atoms with Gasteiger partial charge in [0.1, 0.15) is 5.56 Å². The number of benzene rings is 1. The number of hydrogen-bond acceptors (Lipinski definition) is 7. The van der Waals surface area contributed by atoms with Crippen molar-refractivity contribution in [3.8, 4) is 17.1 Å². The van der Waals surface area contributed by atoms with Gasteiger partial charge in [-0.2, -0.15) is 5.21 Å². The average molecular weight is 316 g/mol. The summed E-state index contributed by atoms with van der Waals surface area (Å²) in [5.74, 6) is -0.360. The predicted molar refractivity (Wildman–Crippen MR) is 78.0 cm³/mol. The molecule has 3 aromatic rings. The highest BCUT2D eigenvalue weighted by molar-refractivity contribution is 5.85. The summed E-state index contributed by atoms with van der Waals surface area (Å²) in [6, 6.07) is 6.75. The number of carboxylic acid groups (broad SMARTS) is 1. The number of carbonyl (C=O) groups is 1. The van der Waals surface area contributed by atoms with E-state index in [1.165, 1.54) is 0 Å². The van der Waals surface area contributed by atoms with Crippen LogP contribution in [0.4, 0.5) is 0 Å². The molecule has 0 aliphatic rings. The number of carboxylic acids is 1. The van der Waals surface area contributed by atoms with Crippen molar-refractivity contribution >= 4 is 16.9 Å². The fourth-order valence-corrected chi connectivity index (χ4v) is 2.07. The van der Waals surface area contributed by atoms with Crippen LogP contribution in [0.25, 0.3) is 22.4 Å². The van der Waals surface area contributed by atoms with Crippen molar-refractivity contribution in [2.75, 3.05) is 6.61 Å². The lowest BCUT2D eigenvalue weighted by atomic mass is 10.1. The molecule has 0 amide bonds. The van der Waals surface area contributed by atoms with Crippen LogP contribution in [0.2, 0.25) is 0 Å². The number of ether oxygens (including phenoxy) is 1. The highest BCUT2D eigenvalue weighted by Gasteiger charge is 2.14. The van der Waals surface area contributed by atoms with Gasteiger partial charge in [0.25, 0.3) is 0 Å².